The Hall–Kier alpha value is -2.45. The Balaban J connectivity index is 2.42. The van der Waals surface area contributed by atoms with Crippen LogP contribution in [-0.2, 0) is 0 Å². The minimum absolute atomic E-state index is 0.346. The molecular weight excluding hydrogens is 273 g/mol. The Bertz CT molecular complexity index is 915. The van der Waals surface area contributed by atoms with E-state index in [2.05, 4.69) is 11.1 Å². The molecule has 98 valence electrons. The van der Waals surface area contributed by atoms with E-state index < -0.39 is 0 Å². The lowest BCUT2D eigenvalue weighted by molar-refractivity contribution is 0.637. The number of hydrogen-bond donors (Lipinski definition) is 1. The number of rotatable bonds is 1. The van der Waals surface area contributed by atoms with Gasteiger partial charge in [0.2, 0.25) is 0 Å². The second-order valence-electron chi connectivity index (χ2n) is 4.51. The summed E-state index contributed by atoms with van der Waals surface area (Å²) < 4.78 is 16.0. The summed E-state index contributed by atoms with van der Waals surface area (Å²) in [7, 11) is 0. The Morgan fingerprint density at radius 3 is 2.85 bits per heavy atom. The third-order valence-electron chi connectivity index (χ3n) is 3.25. The Morgan fingerprint density at radius 1 is 1.30 bits per heavy atom. The maximum atomic E-state index is 13.8. The van der Waals surface area contributed by atoms with Gasteiger partial charge in [-0.25, -0.2) is 4.39 Å². The second kappa shape index (κ2) is 4.58. The van der Waals surface area contributed by atoms with Gasteiger partial charge in [0.15, 0.2) is 4.77 Å². The smallest absolute Gasteiger partial charge is 0.182 e. The second-order valence-corrected chi connectivity index (χ2v) is 4.90. The summed E-state index contributed by atoms with van der Waals surface area (Å²) in [6.07, 6.45) is 0. The topological polar surface area (TPSA) is 44.5 Å². The Morgan fingerprint density at radius 2 is 2.10 bits per heavy atom. The highest BCUT2D eigenvalue weighted by atomic mass is 32.1. The minimum Gasteiger partial charge on any atom is -0.328 e. The van der Waals surface area contributed by atoms with Crippen LogP contribution in [0.1, 0.15) is 11.1 Å². The lowest BCUT2D eigenvalue weighted by Crippen LogP contribution is -1.98. The van der Waals surface area contributed by atoms with Crippen molar-refractivity contribution in [2.45, 2.75) is 6.92 Å². The van der Waals surface area contributed by atoms with Gasteiger partial charge in [-0.2, -0.15) is 5.26 Å². The molecule has 20 heavy (non-hydrogen) atoms. The highest BCUT2D eigenvalue weighted by Crippen LogP contribution is 2.24. The van der Waals surface area contributed by atoms with Gasteiger partial charge in [-0.15, -0.1) is 0 Å². The lowest BCUT2D eigenvalue weighted by Gasteiger charge is -2.08. The van der Waals surface area contributed by atoms with Gasteiger partial charge >= 0.3 is 0 Å². The van der Waals surface area contributed by atoms with Crippen molar-refractivity contribution in [3.05, 3.63) is 58.1 Å². The van der Waals surface area contributed by atoms with Crippen molar-refractivity contribution in [3.63, 3.8) is 0 Å². The van der Waals surface area contributed by atoms with Crippen LogP contribution in [0.15, 0.2) is 36.4 Å². The lowest BCUT2D eigenvalue weighted by atomic mass is 10.1. The van der Waals surface area contributed by atoms with Crippen LogP contribution in [0.4, 0.5) is 4.39 Å². The monoisotopic (exact) mass is 283 g/mol. The molecule has 0 saturated heterocycles. The van der Waals surface area contributed by atoms with Crippen LogP contribution in [0.2, 0.25) is 0 Å². The molecule has 3 nitrogen and oxygen atoms in total. The molecule has 2 aromatic carbocycles. The van der Waals surface area contributed by atoms with Crippen molar-refractivity contribution in [2.75, 3.05) is 0 Å². The molecule has 0 radical (unpaired) electrons. The van der Waals surface area contributed by atoms with Crippen molar-refractivity contribution in [1.29, 1.82) is 5.26 Å². The van der Waals surface area contributed by atoms with Gasteiger partial charge in [0.1, 0.15) is 11.3 Å². The number of halogens is 1. The third kappa shape index (κ3) is 1.82. The van der Waals surface area contributed by atoms with Gasteiger partial charge in [0.25, 0.3) is 0 Å². The van der Waals surface area contributed by atoms with Gasteiger partial charge in [-0.05, 0) is 49.0 Å². The molecule has 3 aromatic rings. The number of nitrogens with zero attached hydrogens (tertiary/aromatic N) is 2. The van der Waals surface area contributed by atoms with Crippen molar-refractivity contribution < 1.29 is 4.39 Å². The molecule has 0 aliphatic rings. The highest BCUT2D eigenvalue weighted by molar-refractivity contribution is 7.71. The van der Waals surface area contributed by atoms with E-state index in [1.807, 2.05) is 13.0 Å². The molecule has 0 unspecified atom stereocenters. The zero-order valence-electron chi connectivity index (χ0n) is 10.6. The van der Waals surface area contributed by atoms with Crippen molar-refractivity contribution in [1.82, 2.24) is 9.55 Å². The van der Waals surface area contributed by atoms with E-state index in [0.717, 1.165) is 11.3 Å². The summed E-state index contributed by atoms with van der Waals surface area (Å²) >= 11 is 5.29. The molecule has 0 bridgehead atoms. The maximum absolute atomic E-state index is 13.8. The molecule has 0 aliphatic heterocycles. The van der Waals surface area contributed by atoms with Gasteiger partial charge in [0.05, 0.1) is 22.8 Å². The number of para-hydroxylation sites is 1. The molecule has 0 aliphatic carbocycles. The number of imidazole rings is 1. The van der Waals surface area contributed by atoms with Gasteiger partial charge in [-0.3, -0.25) is 4.57 Å². The molecule has 0 fully saturated rings. The molecule has 0 spiro atoms. The van der Waals surface area contributed by atoms with Crippen LogP contribution in [0.5, 0.6) is 0 Å². The average molecular weight is 283 g/mol. The fourth-order valence-electron chi connectivity index (χ4n) is 2.25. The van der Waals surface area contributed by atoms with Crippen LogP contribution in [0, 0.1) is 28.8 Å². The number of nitrogens with one attached hydrogen (secondary N) is 1. The van der Waals surface area contributed by atoms with E-state index in [0.29, 0.717) is 21.4 Å². The largest absolute Gasteiger partial charge is 0.328 e. The summed E-state index contributed by atoms with van der Waals surface area (Å²) in [5, 5.41) is 9.02. The van der Waals surface area contributed by atoms with Crippen LogP contribution in [0.25, 0.3) is 16.7 Å². The quantitative estimate of drug-likeness (QED) is 0.686. The first-order valence-electron chi connectivity index (χ1n) is 6.02. The van der Waals surface area contributed by atoms with Gasteiger partial charge < -0.3 is 4.98 Å². The first-order chi connectivity index (χ1) is 9.61. The van der Waals surface area contributed by atoms with Crippen LogP contribution in [-0.4, -0.2) is 9.55 Å². The van der Waals surface area contributed by atoms with E-state index in [4.69, 9.17) is 17.5 Å². The number of aryl methyl sites for hydroxylation is 1. The van der Waals surface area contributed by atoms with E-state index in [-0.39, 0.29) is 5.82 Å². The summed E-state index contributed by atoms with van der Waals surface area (Å²) in [5.74, 6) is -0.346. The molecule has 1 heterocycles. The molecule has 0 atom stereocenters. The summed E-state index contributed by atoms with van der Waals surface area (Å²) in [6, 6.07) is 12.3. The zero-order chi connectivity index (χ0) is 14.3. The summed E-state index contributed by atoms with van der Waals surface area (Å²) in [6.45, 7) is 1.93. The average Bonchev–Trinajstić information content (AvgIpc) is 2.77. The fraction of sp³-hybridized carbons (Fsp3) is 0.0667. The number of aromatic amines is 1. The number of H-pyrrole nitrogens is 1. The molecular formula is C15H10FN3S. The van der Waals surface area contributed by atoms with Crippen LogP contribution < -0.4 is 0 Å². The van der Waals surface area contributed by atoms with E-state index in [9.17, 15) is 4.39 Å². The Kier molecular flexibility index (Phi) is 2.88. The SMILES string of the molecule is Cc1ccc(C#N)cc1-n1c(=S)[nH]c2c(F)cccc21. The number of benzene rings is 2. The number of fused-ring (bicyclic) bond motifs is 1. The van der Waals surface area contributed by atoms with Crippen molar-refractivity contribution in [3.8, 4) is 11.8 Å². The first-order valence-corrected chi connectivity index (χ1v) is 6.43. The van der Waals surface area contributed by atoms with Crippen LogP contribution >= 0.6 is 12.2 Å². The Labute approximate surface area is 119 Å². The van der Waals surface area contributed by atoms with Crippen LogP contribution in [0.3, 0.4) is 0 Å². The third-order valence-corrected chi connectivity index (χ3v) is 3.53. The molecule has 1 aromatic heterocycles. The van der Waals surface area contributed by atoms with Crippen molar-refractivity contribution in [2.24, 2.45) is 0 Å². The molecule has 0 amide bonds. The van der Waals surface area contributed by atoms with Gasteiger partial charge in [-0.1, -0.05) is 12.1 Å². The molecule has 3 rings (SSSR count). The fourth-order valence-corrected chi connectivity index (χ4v) is 2.55. The van der Waals surface area contributed by atoms with Gasteiger partial charge in [0, 0.05) is 0 Å². The normalized spacial score (nSPS) is 10.7. The van der Waals surface area contributed by atoms with E-state index in [1.54, 1.807) is 28.8 Å². The maximum Gasteiger partial charge on any atom is 0.182 e. The minimum atomic E-state index is -0.346. The van der Waals surface area contributed by atoms with E-state index in [1.165, 1.54) is 6.07 Å². The number of aromatic nitrogens is 2. The number of hydrogen-bond acceptors (Lipinski definition) is 2. The highest BCUT2D eigenvalue weighted by Gasteiger charge is 2.11. The predicted octanol–water partition coefficient (Wildman–Crippen LogP) is 4.01. The first kappa shape index (κ1) is 12.6. The standard InChI is InChI=1S/C15H10FN3S/c1-9-5-6-10(8-17)7-13(9)19-12-4-2-3-11(16)14(12)18-15(19)20/h2-7H,1H3,(H,18,20). The molecule has 1 N–H and O–H groups in total. The van der Waals surface area contributed by atoms with Crippen molar-refractivity contribution >= 4 is 23.3 Å². The molecule has 0 saturated carbocycles. The zero-order valence-corrected chi connectivity index (χ0v) is 11.5. The molecule has 5 heteroatoms. The summed E-state index contributed by atoms with van der Waals surface area (Å²) in [5.41, 5.74) is 3.32. The number of nitriles is 1. The summed E-state index contributed by atoms with van der Waals surface area (Å²) in [4.78, 5) is 2.88. The predicted molar refractivity (Wildman–Crippen MR) is 77.9 cm³/mol. The van der Waals surface area contributed by atoms with E-state index >= 15 is 0 Å².